The van der Waals surface area contributed by atoms with E-state index >= 15 is 0 Å². The molecule has 0 unspecified atom stereocenters. The molecule has 0 aromatic heterocycles. The molecule has 3 rings (SSSR count). The maximum Gasteiger partial charge on any atom is 0.349 e. The maximum absolute atomic E-state index is 14.4. The van der Waals surface area contributed by atoms with Gasteiger partial charge in [-0.25, -0.2) is 26.7 Å². The van der Waals surface area contributed by atoms with Crippen molar-refractivity contribution in [1.29, 1.82) is 0 Å². The van der Waals surface area contributed by atoms with Crippen molar-refractivity contribution < 1.29 is 41.0 Å². The first kappa shape index (κ1) is 25.9. The van der Waals surface area contributed by atoms with Crippen LogP contribution in [0.2, 0.25) is 0 Å². The SMILES string of the molecule is CCCCCO[C@H]1CC[C@H](COc2cc(F)c(C(=O)Oc3cc(F)c(F)c(F)c3)c(F)c2)CC1. The van der Waals surface area contributed by atoms with Crippen LogP contribution in [0.5, 0.6) is 11.5 Å². The number of carbonyl (C=O) groups is 1. The topological polar surface area (TPSA) is 44.8 Å². The first-order chi connectivity index (χ1) is 16.3. The third-order valence-corrected chi connectivity index (χ3v) is 5.77. The normalized spacial score (nSPS) is 18.1. The molecule has 0 radical (unpaired) electrons. The highest BCUT2D eigenvalue weighted by atomic mass is 19.2. The second-order valence-electron chi connectivity index (χ2n) is 8.38. The maximum atomic E-state index is 14.4. The van der Waals surface area contributed by atoms with E-state index in [9.17, 15) is 26.7 Å². The van der Waals surface area contributed by atoms with Crippen molar-refractivity contribution in [3.8, 4) is 11.5 Å². The van der Waals surface area contributed by atoms with Gasteiger partial charge in [-0.15, -0.1) is 0 Å². The van der Waals surface area contributed by atoms with Crippen LogP contribution in [0, 0.1) is 35.0 Å². The van der Waals surface area contributed by atoms with Gasteiger partial charge in [-0.3, -0.25) is 0 Å². The van der Waals surface area contributed by atoms with E-state index in [1.54, 1.807) is 0 Å². The molecule has 1 saturated carbocycles. The lowest BCUT2D eigenvalue weighted by atomic mass is 9.88. The molecule has 0 N–H and O–H groups in total. The molecular weight excluding hydrogens is 459 g/mol. The third kappa shape index (κ3) is 6.91. The molecule has 0 saturated heterocycles. The summed E-state index contributed by atoms with van der Waals surface area (Å²) >= 11 is 0. The van der Waals surface area contributed by atoms with E-state index < -0.39 is 46.4 Å². The van der Waals surface area contributed by atoms with Crippen molar-refractivity contribution in [2.75, 3.05) is 13.2 Å². The Kier molecular flexibility index (Phi) is 9.27. The minimum Gasteiger partial charge on any atom is -0.493 e. The highest BCUT2D eigenvalue weighted by Gasteiger charge is 2.25. The highest BCUT2D eigenvalue weighted by Crippen LogP contribution is 2.29. The fourth-order valence-electron chi connectivity index (χ4n) is 3.86. The van der Waals surface area contributed by atoms with Gasteiger partial charge in [0.05, 0.1) is 12.7 Å². The average molecular weight is 486 g/mol. The zero-order chi connectivity index (χ0) is 24.7. The van der Waals surface area contributed by atoms with Crippen LogP contribution in [-0.2, 0) is 4.74 Å². The van der Waals surface area contributed by atoms with Crippen molar-refractivity contribution >= 4 is 5.97 Å². The van der Waals surface area contributed by atoms with Gasteiger partial charge in [0.1, 0.15) is 28.7 Å². The molecular formula is C25H27F5O4. The lowest BCUT2D eigenvalue weighted by Gasteiger charge is -2.28. The summed E-state index contributed by atoms with van der Waals surface area (Å²) in [5.74, 6) is -9.62. The van der Waals surface area contributed by atoms with Gasteiger partial charge in [-0.1, -0.05) is 19.8 Å². The van der Waals surface area contributed by atoms with Crippen LogP contribution in [0.1, 0.15) is 62.2 Å². The van der Waals surface area contributed by atoms with Crippen LogP contribution in [0.15, 0.2) is 24.3 Å². The molecule has 0 atom stereocenters. The van der Waals surface area contributed by atoms with Gasteiger partial charge in [-0.2, -0.15) is 0 Å². The van der Waals surface area contributed by atoms with Crippen LogP contribution < -0.4 is 9.47 Å². The Morgan fingerprint density at radius 1 is 0.853 bits per heavy atom. The first-order valence-corrected chi connectivity index (χ1v) is 11.4. The molecule has 0 bridgehead atoms. The summed E-state index contributed by atoms with van der Waals surface area (Å²) < 4.78 is 84.4. The van der Waals surface area contributed by atoms with Gasteiger partial charge >= 0.3 is 5.97 Å². The van der Waals surface area contributed by atoms with E-state index in [0.717, 1.165) is 63.7 Å². The molecule has 2 aromatic carbocycles. The van der Waals surface area contributed by atoms with Crippen molar-refractivity contribution in [3.63, 3.8) is 0 Å². The summed E-state index contributed by atoms with van der Waals surface area (Å²) in [7, 11) is 0. The fraction of sp³-hybridized carbons (Fsp3) is 0.480. The van der Waals surface area contributed by atoms with Crippen molar-refractivity contribution in [3.05, 3.63) is 58.9 Å². The van der Waals surface area contributed by atoms with Crippen molar-refractivity contribution in [2.24, 2.45) is 5.92 Å². The molecule has 0 aliphatic heterocycles. The number of carbonyl (C=O) groups excluding carboxylic acids is 1. The quantitative estimate of drug-likeness (QED) is 0.123. The predicted octanol–water partition coefficient (Wildman–Crippen LogP) is 6.75. The van der Waals surface area contributed by atoms with Crippen LogP contribution in [0.4, 0.5) is 22.0 Å². The zero-order valence-corrected chi connectivity index (χ0v) is 18.9. The summed E-state index contributed by atoms with van der Waals surface area (Å²) in [6.45, 7) is 3.16. The molecule has 0 spiro atoms. The largest absolute Gasteiger partial charge is 0.493 e. The second kappa shape index (κ2) is 12.1. The number of benzene rings is 2. The highest BCUT2D eigenvalue weighted by molar-refractivity contribution is 5.91. The van der Waals surface area contributed by atoms with Crippen LogP contribution in [-0.4, -0.2) is 25.3 Å². The van der Waals surface area contributed by atoms with E-state index in [1.807, 2.05) is 0 Å². The van der Waals surface area contributed by atoms with E-state index in [2.05, 4.69) is 11.7 Å². The van der Waals surface area contributed by atoms with Gasteiger partial charge in [0.15, 0.2) is 17.5 Å². The van der Waals surface area contributed by atoms with Crippen molar-refractivity contribution in [2.45, 2.75) is 58.0 Å². The monoisotopic (exact) mass is 486 g/mol. The lowest BCUT2D eigenvalue weighted by molar-refractivity contribution is 0.0112. The zero-order valence-electron chi connectivity index (χ0n) is 18.9. The van der Waals surface area contributed by atoms with Gasteiger partial charge in [0, 0.05) is 30.9 Å². The molecule has 34 heavy (non-hydrogen) atoms. The Labute approximate surface area is 195 Å². The summed E-state index contributed by atoms with van der Waals surface area (Å²) in [5.41, 5.74) is -1.06. The molecule has 0 amide bonds. The Balaban J connectivity index is 1.53. The van der Waals surface area contributed by atoms with Crippen molar-refractivity contribution in [1.82, 2.24) is 0 Å². The minimum absolute atomic E-state index is 0.0941. The number of halogens is 5. The number of hydrogen-bond acceptors (Lipinski definition) is 4. The molecule has 1 aliphatic rings. The van der Waals surface area contributed by atoms with Crippen LogP contribution in [0.25, 0.3) is 0 Å². The summed E-state index contributed by atoms with van der Waals surface area (Å²) in [4.78, 5) is 12.1. The molecule has 0 heterocycles. The number of esters is 1. The Morgan fingerprint density at radius 3 is 2.03 bits per heavy atom. The van der Waals surface area contributed by atoms with Gasteiger partial charge < -0.3 is 14.2 Å². The fourth-order valence-corrected chi connectivity index (χ4v) is 3.86. The first-order valence-electron chi connectivity index (χ1n) is 11.4. The standard InChI is InChI=1S/C25H27F5O4/c1-2-3-4-9-32-16-7-5-15(6-8-16)14-33-17-10-19(26)23(20(27)11-17)25(31)34-18-12-21(28)24(30)22(29)13-18/h10-13,15-16H,2-9,14H2,1H3/t15-,16-. The van der Waals surface area contributed by atoms with E-state index in [0.29, 0.717) is 12.1 Å². The molecule has 1 fully saturated rings. The Hall–Kier alpha value is -2.68. The summed E-state index contributed by atoms with van der Waals surface area (Å²) in [6, 6.07) is 2.48. The summed E-state index contributed by atoms with van der Waals surface area (Å²) in [5, 5.41) is 0. The third-order valence-electron chi connectivity index (χ3n) is 5.77. The Morgan fingerprint density at radius 2 is 1.44 bits per heavy atom. The number of unbranched alkanes of at least 4 members (excludes halogenated alkanes) is 2. The second-order valence-corrected chi connectivity index (χ2v) is 8.38. The van der Waals surface area contributed by atoms with E-state index in [4.69, 9.17) is 9.47 Å². The van der Waals surface area contributed by atoms with E-state index in [-0.39, 0.29) is 24.4 Å². The minimum atomic E-state index is -1.76. The smallest absolute Gasteiger partial charge is 0.349 e. The number of ether oxygens (including phenoxy) is 3. The van der Waals surface area contributed by atoms with Gasteiger partial charge in [0.25, 0.3) is 0 Å². The molecule has 2 aromatic rings. The predicted molar refractivity (Wildman–Crippen MR) is 114 cm³/mol. The van der Waals surface area contributed by atoms with Crippen LogP contribution >= 0.6 is 0 Å². The van der Waals surface area contributed by atoms with Crippen LogP contribution in [0.3, 0.4) is 0 Å². The number of hydrogen-bond donors (Lipinski definition) is 0. The molecule has 9 heteroatoms. The average Bonchev–Trinajstić information content (AvgIpc) is 2.79. The molecule has 186 valence electrons. The number of rotatable bonds is 10. The summed E-state index contributed by atoms with van der Waals surface area (Å²) in [6.07, 6.45) is 7.13. The van der Waals surface area contributed by atoms with Gasteiger partial charge in [-0.05, 0) is 38.0 Å². The molecule has 4 nitrogen and oxygen atoms in total. The lowest BCUT2D eigenvalue weighted by Crippen LogP contribution is -2.25. The van der Waals surface area contributed by atoms with Gasteiger partial charge in [0.2, 0.25) is 0 Å². The molecule has 1 aliphatic carbocycles. The van der Waals surface area contributed by atoms with E-state index in [1.165, 1.54) is 0 Å². The Bertz CT molecular complexity index is 943.